The molecule has 2 rings (SSSR count). The van der Waals surface area contributed by atoms with E-state index in [1.165, 1.54) is 12.1 Å². The van der Waals surface area contributed by atoms with Gasteiger partial charge in [0.1, 0.15) is 5.82 Å². The maximum atomic E-state index is 12.9. The van der Waals surface area contributed by atoms with E-state index in [0.29, 0.717) is 11.5 Å². The molecule has 1 heterocycles. The molecule has 0 aliphatic carbocycles. The molecular weight excluding hydrogens is 287 g/mol. The molecule has 0 unspecified atom stereocenters. The molecule has 1 aliphatic rings. The van der Waals surface area contributed by atoms with Crippen LogP contribution in [0.2, 0.25) is 0 Å². The lowest BCUT2D eigenvalue weighted by atomic mass is 10.0. The lowest BCUT2D eigenvalue weighted by Crippen LogP contribution is -2.39. The van der Waals surface area contributed by atoms with Gasteiger partial charge < -0.3 is 10.5 Å². The van der Waals surface area contributed by atoms with E-state index >= 15 is 0 Å². The van der Waals surface area contributed by atoms with Gasteiger partial charge >= 0.3 is 6.03 Å². The van der Waals surface area contributed by atoms with Crippen molar-refractivity contribution in [3.05, 3.63) is 35.6 Å². The fourth-order valence-corrected chi connectivity index (χ4v) is 2.82. The third-order valence-corrected chi connectivity index (χ3v) is 4.14. The van der Waals surface area contributed by atoms with E-state index in [1.807, 2.05) is 0 Å². The SMILES string of the molecule is C[C@H](CCC[C@H]1CC[C@H](c2ccc(F)cc2)O1)N(O)C(N)=O. The molecule has 0 spiro atoms. The van der Waals surface area contributed by atoms with Gasteiger partial charge in [0.25, 0.3) is 0 Å². The quantitative estimate of drug-likeness (QED) is 0.625. The van der Waals surface area contributed by atoms with Gasteiger partial charge in [0, 0.05) is 0 Å². The highest BCUT2D eigenvalue weighted by Gasteiger charge is 2.26. The third-order valence-electron chi connectivity index (χ3n) is 4.14. The molecule has 2 amide bonds. The van der Waals surface area contributed by atoms with Crippen molar-refractivity contribution in [2.24, 2.45) is 5.73 Å². The summed E-state index contributed by atoms with van der Waals surface area (Å²) in [5.41, 5.74) is 6.02. The Bertz CT molecular complexity index is 495. The van der Waals surface area contributed by atoms with Crippen molar-refractivity contribution in [2.45, 2.75) is 57.3 Å². The first-order valence-electron chi connectivity index (χ1n) is 7.66. The number of ether oxygens (including phenoxy) is 1. The number of benzene rings is 1. The minimum Gasteiger partial charge on any atom is -0.370 e. The number of carbonyl (C=O) groups is 1. The van der Waals surface area contributed by atoms with E-state index in [9.17, 15) is 14.4 Å². The fourth-order valence-electron chi connectivity index (χ4n) is 2.82. The van der Waals surface area contributed by atoms with Crippen LogP contribution in [0.15, 0.2) is 24.3 Å². The number of hydrogen-bond acceptors (Lipinski definition) is 3. The summed E-state index contributed by atoms with van der Waals surface area (Å²) in [7, 11) is 0. The molecule has 1 saturated heterocycles. The summed E-state index contributed by atoms with van der Waals surface area (Å²) >= 11 is 0. The predicted molar refractivity (Wildman–Crippen MR) is 79.8 cm³/mol. The van der Waals surface area contributed by atoms with Gasteiger partial charge in [-0.25, -0.2) is 14.2 Å². The largest absolute Gasteiger partial charge is 0.370 e. The molecule has 0 saturated carbocycles. The van der Waals surface area contributed by atoms with Crippen LogP contribution in [0.1, 0.15) is 50.7 Å². The molecule has 1 aromatic rings. The van der Waals surface area contributed by atoms with E-state index in [4.69, 9.17) is 10.5 Å². The number of hydroxylamine groups is 2. The first-order valence-corrected chi connectivity index (χ1v) is 7.66. The van der Waals surface area contributed by atoms with Crippen LogP contribution in [0.3, 0.4) is 0 Å². The Balaban J connectivity index is 1.73. The number of nitrogens with two attached hydrogens (primary N) is 1. The number of nitrogens with zero attached hydrogens (tertiary/aromatic N) is 1. The van der Waals surface area contributed by atoms with Gasteiger partial charge in [-0.05, 0) is 56.7 Å². The fraction of sp³-hybridized carbons (Fsp3) is 0.562. The van der Waals surface area contributed by atoms with Crippen molar-refractivity contribution < 1.29 is 19.1 Å². The second-order valence-electron chi connectivity index (χ2n) is 5.84. The molecule has 0 bridgehead atoms. The van der Waals surface area contributed by atoms with Crippen molar-refractivity contribution in [1.82, 2.24) is 5.06 Å². The normalized spacial score (nSPS) is 22.5. The Kier molecular flexibility index (Phi) is 5.74. The number of hydrogen-bond donors (Lipinski definition) is 2. The van der Waals surface area contributed by atoms with E-state index in [-0.39, 0.29) is 24.1 Å². The summed E-state index contributed by atoms with van der Waals surface area (Å²) in [5, 5.41) is 9.96. The lowest BCUT2D eigenvalue weighted by Gasteiger charge is -2.21. The van der Waals surface area contributed by atoms with E-state index in [2.05, 4.69) is 0 Å². The minimum absolute atomic E-state index is 0.0305. The average molecular weight is 310 g/mol. The second kappa shape index (κ2) is 7.56. The van der Waals surface area contributed by atoms with Gasteiger partial charge in [-0.2, -0.15) is 0 Å². The summed E-state index contributed by atoms with van der Waals surface area (Å²) in [6.45, 7) is 1.75. The Morgan fingerprint density at radius 1 is 1.45 bits per heavy atom. The third kappa shape index (κ3) is 4.42. The smallest absolute Gasteiger partial charge is 0.338 e. The Morgan fingerprint density at radius 3 is 2.77 bits per heavy atom. The molecule has 3 atom stereocenters. The van der Waals surface area contributed by atoms with Gasteiger partial charge in [-0.3, -0.25) is 5.21 Å². The molecule has 0 aromatic heterocycles. The van der Waals surface area contributed by atoms with Crippen LogP contribution in [-0.2, 0) is 4.74 Å². The number of halogens is 1. The van der Waals surface area contributed by atoms with Gasteiger partial charge in [-0.15, -0.1) is 0 Å². The standard InChI is InChI=1S/C16H23FN2O3/c1-11(19(21)16(18)20)3-2-4-14-9-10-15(22-14)12-5-7-13(17)8-6-12/h5-8,11,14-15,21H,2-4,9-10H2,1H3,(H2,18,20)/t11-,14+,15-/m1/s1. The lowest BCUT2D eigenvalue weighted by molar-refractivity contribution is -0.0728. The second-order valence-corrected chi connectivity index (χ2v) is 5.84. The molecule has 1 aromatic carbocycles. The summed E-state index contributed by atoms with van der Waals surface area (Å²) in [6, 6.07) is 5.30. The predicted octanol–water partition coefficient (Wildman–Crippen LogP) is 3.37. The number of amides is 2. The maximum Gasteiger partial charge on any atom is 0.338 e. The zero-order chi connectivity index (χ0) is 16.1. The van der Waals surface area contributed by atoms with Crippen LogP contribution in [0.4, 0.5) is 9.18 Å². The van der Waals surface area contributed by atoms with Gasteiger partial charge in [0.2, 0.25) is 0 Å². The maximum absolute atomic E-state index is 12.9. The average Bonchev–Trinajstić information content (AvgIpc) is 2.95. The highest BCUT2D eigenvalue weighted by Crippen LogP contribution is 2.34. The zero-order valence-electron chi connectivity index (χ0n) is 12.7. The van der Waals surface area contributed by atoms with Crippen LogP contribution in [0.25, 0.3) is 0 Å². The number of carbonyl (C=O) groups excluding carboxylic acids is 1. The number of rotatable bonds is 6. The Hall–Kier alpha value is -1.66. The first kappa shape index (κ1) is 16.7. The van der Waals surface area contributed by atoms with E-state index < -0.39 is 6.03 Å². The van der Waals surface area contributed by atoms with Gasteiger partial charge in [0.15, 0.2) is 0 Å². The zero-order valence-corrected chi connectivity index (χ0v) is 12.7. The Labute approximate surface area is 129 Å². The number of urea groups is 1. The van der Waals surface area contributed by atoms with Gasteiger partial charge in [-0.1, -0.05) is 12.1 Å². The Morgan fingerprint density at radius 2 is 2.14 bits per heavy atom. The van der Waals surface area contributed by atoms with Crippen molar-refractivity contribution in [1.29, 1.82) is 0 Å². The summed E-state index contributed by atoms with van der Waals surface area (Å²) in [6.07, 6.45) is 4.47. The van der Waals surface area contributed by atoms with Gasteiger partial charge in [0.05, 0.1) is 18.2 Å². The van der Waals surface area contributed by atoms with Crippen molar-refractivity contribution in [3.63, 3.8) is 0 Å². The molecule has 0 radical (unpaired) electrons. The minimum atomic E-state index is -0.832. The van der Waals surface area contributed by atoms with Crippen LogP contribution >= 0.6 is 0 Å². The van der Waals surface area contributed by atoms with Crippen molar-refractivity contribution in [2.75, 3.05) is 0 Å². The molecular formula is C16H23FN2O3. The van der Waals surface area contributed by atoms with Crippen LogP contribution in [0, 0.1) is 5.82 Å². The van der Waals surface area contributed by atoms with Crippen molar-refractivity contribution in [3.8, 4) is 0 Å². The monoisotopic (exact) mass is 310 g/mol. The van der Waals surface area contributed by atoms with Crippen LogP contribution in [-0.4, -0.2) is 28.4 Å². The molecule has 5 nitrogen and oxygen atoms in total. The van der Waals surface area contributed by atoms with Crippen molar-refractivity contribution >= 4 is 6.03 Å². The summed E-state index contributed by atoms with van der Waals surface area (Å²) in [5.74, 6) is -0.240. The highest BCUT2D eigenvalue weighted by atomic mass is 19.1. The molecule has 1 aliphatic heterocycles. The van der Waals surface area contributed by atoms with Crippen LogP contribution < -0.4 is 5.73 Å². The molecule has 122 valence electrons. The molecule has 6 heteroatoms. The molecule has 3 N–H and O–H groups in total. The van der Waals surface area contributed by atoms with Crippen LogP contribution in [0.5, 0.6) is 0 Å². The van der Waals surface area contributed by atoms with E-state index in [0.717, 1.165) is 31.2 Å². The summed E-state index contributed by atoms with van der Waals surface area (Å²) < 4.78 is 18.9. The number of primary amides is 1. The summed E-state index contributed by atoms with van der Waals surface area (Å²) in [4.78, 5) is 10.8. The molecule has 22 heavy (non-hydrogen) atoms. The topological polar surface area (TPSA) is 75.8 Å². The van der Waals surface area contributed by atoms with E-state index in [1.54, 1.807) is 19.1 Å². The highest BCUT2D eigenvalue weighted by molar-refractivity contribution is 5.70. The molecule has 1 fully saturated rings. The first-order chi connectivity index (χ1) is 10.5.